The van der Waals surface area contributed by atoms with Crippen LogP contribution in [0.25, 0.3) is 0 Å². The van der Waals surface area contributed by atoms with Crippen LogP contribution in [-0.4, -0.2) is 40.7 Å². The summed E-state index contributed by atoms with van der Waals surface area (Å²) in [5.74, 6) is 1.65. The zero-order valence-corrected chi connectivity index (χ0v) is 14.4. The summed E-state index contributed by atoms with van der Waals surface area (Å²) in [6, 6.07) is 0. The summed E-state index contributed by atoms with van der Waals surface area (Å²) < 4.78 is 9.79. The molecule has 0 radical (unpaired) electrons. The highest BCUT2D eigenvalue weighted by Gasteiger charge is 2.04. The molecule has 1 N–H and O–H groups in total. The van der Waals surface area contributed by atoms with E-state index in [1.807, 2.05) is 6.92 Å². The number of nitrogens with zero attached hydrogens (tertiary/aromatic N) is 4. The quantitative estimate of drug-likeness (QED) is 0.656. The first kappa shape index (κ1) is 18.5. The van der Waals surface area contributed by atoms with Crippen molar-refractivity contribution in [1.82, 2.24) is 19.9 Å². The van der Waals surface area contributed by atoms with Gasteiger partial charge in [-0.1, -0.05) is 11.6 Å². The second kappa shape index (κ2) is 9.45. The number of hydrogen-bond donors (Lipinski definition) is 1. The van der Waals surface area contributed by atoms with Gasteiger partial charge in [-0.05, 0) is 30.1 Å². The van der Waals surface area contributed by atoms with Gasteiger partial charge in [0, 0.05) is 6.54 Å². The molecule has 10 heteroatoms. The highest BCUT2D eigenvalue weighted by Crippen LogP contribution is 2.21. The number of aromatic nitrogens is 4. The molecule has 0 aliphatic heterocycles. The number of methoxy groups -OCH3 is 2. The van der Waals surface area contributed by atoms with E-state index in [4.69, 9.17) is 44.3 Å². The molecule has 0 bridgehead atoms. The van der Waals surface area contributed by atoms with Crippen molar-refractivity contribution in [3.05, 3.63) is 28.1 Å². The lowest BCUT2D eigenvalue weighted by atomic mass is 10.5. The molecule has 0 amide bonds. The predicted octanol–water partition coefficient (Wildman–Crippen LogP) is 3.36. The van der Waals surface area contributed by atoms with Crippen LogP contribution in [0.15, 0.2) is 12.4 Å². The smallest absolute Gasteiger partial charge is 0.224 e. The molecule has 7 nitrogen and oxygen atoms in total. The Hall–Kier alpha value is -1.57. The monoisotopic (exact) mass is 365 g/mol. The maximum atomic E-state index is 5.59. The second-order valence-corrected chi connectivity index (χ2v) is 4.62. The molecule has 120 valence electrons. The highest BCUT2D eigenvalue weighted by molar-refractivity contribution is 6.32. The van der Waals surface area contributed by atoms with Gasteiger partial charge < -0.3 is 14.8 Å². The number of hydrogen-bond acceptors (Lipinski definition) is 7. The fourth-order valence-electron chi connectivity index (χ4n) is 1.26. The number of rotatable bonds is 4. The zero-order chi connectivity index (χ0) is 16.5. The Bertz CT molecular complexity index is 615. The molecule has 2 rings (SSSR count). The van der Waals surface area contributed by atoms with E-state index in [0.717, 1.165) is 6.54 Å². The normalized spacial score (nSPS) is 9.55. The lowest BCUT2D eigenvalue weighted by Crippen LogP contribution is -2.02. The van der Waals surface area contributed by atoms with E-state index in [-0.39, 0.29) is 15.7 Å². The molecule has 2 aromatic rings. The summed E-state index contributed by atoms with van der Waals surface area (Å²) in [5.41, 5.74) is 0. The SMILES string of the molecule is CCNc1nc(Cl)ncc1OC.COc1cnc(Cl)nc1Cl. The van der Waals surface area contributed by atoms with Crippen molar-refractivity contribution in [2.45, 2.75) is 6.92 Å². The minimum absolute atomic E-state index is 0.116. The topological polar surface area (TPSA) is 82.1 Å². The first-order valence-corrected chi connectivity index (χ1v) is 7.17. The third kappa shape index (κ3) is 5.67. The van der Waals surface area contributed by atoms with Crippen LogP contribution in [0.3, 0.4) is 0 Å². The summed E-state index contributed by atoms with van der Waals surface area (Å²) in [6.07, 6.45) is 2.95. The molecular formula is C12H14Cl3N5O2. The third-order valence-electron chi connectivity index (χ3n) is 2.19. The molecule has 0 saturated heterocycles. The van der Waals surface area contributed by atoms with Crippen molar-refractivity contribution < 1.29 is 9.47 Å². The molecule has 0 aromatic carbocycles. The maximum absolute atomic E-state index is 5.59. The molecule has 2 heterocycles. The Morgan fingerprint density at radius 2 is 1.50 bits per heavy atom. The van der Waals surface area contributed by atoms with E-state index < -0.39 is 0 Å². The van der Waals surface area contributed by atoms with Crippen LogP contribution < -0.4 is 14.8 Å². The van der Waals surface area contributed by atoms with Crippen LogP contribution >= 0.6 is 34.8 Å². The Balaban J connectivity index is 0.000000224. The van der Waals surface area contributed by atoms with Crippen LogP contribution in [0.1, 0.15) is 6.92 Å². The van der Waals surface area contributed by atoms with Gasteiger partial charge in [0.25, 0.3) is 0 Å². The fraction of sp³-hybridized carbons (Fsp3) is 0.333. The van der Waals surface area contributed by atoms with Gasteiger partial charge in [0.05, 0.1) is 26.6 Å². The summed E-state index contributed by atoms with van der Waals surface area (Å²) in [5, 5.41) is 3.56. The van der Waals surface area contributed by atoms with Crippen LogP contribution in [0.2, 0.25) is 15.7 Å². The number of ether oxygens (including phenoxy) is 2. The summed E-state index contributed by atoms with van der Waals surface area (Å²) in [4.78, 5) is 15.0. The molecule has 0 atom stereocenters. The Kier molecular flexibility index (Phi) is 7.94. The van der Waals surface area contributed by atoms with E-state index in [1.165, 1.54) is 19.5 Å². The molecule has 0 aliphatic carbocycles. The van der Waals surface area contributed by atoms with Crippen molar-refractivity contribution in [1.29, 1.82) is 0 Å². The molecule has 0 aliphatic rings. The standard InChI is InChI=1S/C7H10ClN3O.C5H4Cl2N2O/c1-3-9-6-5(12-2)4-10-7(8)11-6;1-10-3-2-8-5(7)9-4(3)6/h4H,3H2,1-2H3,(H,9,10,11);2H,1H3. The minimum Gasteiger partial charge on any atom is -0.492 e. The van der Waals surface area contributed by atoms with Crippen LogP contribution in [-0.2, 0) is 0 Å². The first-order chi connectivity index (χ1) is 10.5. The van der Waals surface area contributed by atoms with Crippen molar-refractivity contribution in [3.8, 4) is 11.5 Å². The Morgan fingerprint density at radius 3 is 2.00 bits per heavy atom. The lowest BCUT2D eigenvalue weighted by Gasteiger charge is -2.06. The zero-order valence-electron chi connectivity index (χ0n) is 12.1. The molecule has 0 unspecified atom stereocenters. The van der Waals surface area contributed by atoms with E-state index in [0.29, 0.717) is 17.3 Å². The largest absolute Gasteiger partial charge is 0.492 e. The van der Waals surface area contributed by atoms with Gasteiger partial charge in [0.1, 0.15) is 0 Å². The van der Waals surface area contributed by atoms with Crippen molar-refractivity contribution >= 4 is 40.6 Å². The van der Waals surface area contributed by atoms with Gasteiger partial charge in [-0.25, -0.2) is 15.0 Å². The summed E-state index contributed by atoms with van der Waals surface area (Å²) in [7, 11) is 3.05. The first-order valence-electron chi connectivity index (χ1n) is 6.04. The summed E-state index contributed by atoms with van der Waals surface area (Å²) in [6.45, 7) is 2.74. The average Bonchev–Trinajstić information content (AvgIpc) is 2.49. The molecule has 0 spiro atoms. The molecule has 2 aromatic heterocycles. The molecule has 0 saturated carbocycles. The van der Waals surface area contributed by atoms with E-state index in [9.17, 15) is 0 Å². The van der Waals surface area contributed by atoms with E-state index >= 15 is 0 Å². The van der Waals surface area contributed by atoms with Gasteiger partial charge in [0.15, 0.2) is 22.5 Å². The van der Waals surface area contributed by atoms with Crippen molar-refractivity contribution in [3.63, 3.8) is 0 Å². The van der Waals surface area contributed by atoms with Gasteiger partial charge in [-0.3, -0.25) is 0 Å². The molecule has 22 heavy (non-hydrogen) atoms. The fourth-order valence-corrected chi connectivity index (χ4v) is 1.78. The average molecular weight is 367 g/mol. The number of nitrogens with one attached hydrogen (secondary N) is 1. The second-order valence-electron chi connectivity index (χ2n) is 3.58. The maximum Gasteiger partial charge on any atom is 0.224 e. The van der Waals surface area contributed by atoms with Crippen LogP contribution in [0.5, 0.6) is 11.5 Å². The van der Waals surface area contributed by atoms with Crippen LogP contribution in [0, 0.1) is 0 Å². The Labute approximate surface area is 143 Å². The van der Waals surface area contributed by atoms with Crippen LogP contribution in [0.4, 0.5) is 5.82 Å². The third-order valence-corrected chi connectivity index (χ3v) is 2.83. The van der Waals surface area contributed by atoms with E-state index in [1.54, 1.807) is 7.11 Å². The minimum atomic E-state index is 0.116. The van der Waals surface area contributed by atoms with Crippen molar-refractivity contribution in [2.75, 3.05) is 26.1 Å². The highest BCUT2D eigenvalue weighted by atomic mass is 35.5. The van der Waals surface area contributed by atoms with Gasteiger partial charge in [-0.15, -0.1) is 0 Å². The number of anilines is 1. The van der Waals surface area contributed by atoms with Gasteiger partial charge in [0.2, 0.25) is 10.6 Å². The predicted molar refractivity (Wildman–Crippen MR) is 86.4 cm³/mol. The van der Waals surface area contributed by atoms with Crippen molar-refractivity contribution in [2.24, 2.45) is 0 Å². The van der Waals surface area contributed by atoms with Gasteiger partial charge >= 0.3 is 0 Å². The molecule has 0 fully saturated rings. The lowest BCUT2D eigenvalue weighted by molar-refractivity contribution is 0.411. The number of halogens is 3. The molecular weight excluding hydrogens is 353 g/mol. The van der Waals surface area contributed by atoms with E-state index in [2.05, 4.69) is 25.3 Å². The summed E-state index contributed by atoms with van der Waals surface area (Å²) >= 11 is 16.6. The van der Waals surface area contributed by atoms with Gasteiger partial charge in [-0.2, -0.15) is 4.98 Å². The Morgan fingerprint density at radius 1 is 0.955 bits per heavy atom.